The molecule has 0 bridgehead atoms. The van der Waals surface area contributed by atoms with Crippen LogP contribution in [0.4, 0.5) is 5.69 Å². The zero-order valence-corrected chi connectivity index (χ0v) is 9.09. The summed E-state index contributed by atoms with van der Waals surface area (Å²) in [5.41, 5.74) is 0.411. The monoisotopic (exact) mass is 251 g/mol. The highest BCUT2D eigenvalue weighted by molar-refractivity contribution is 5.90. The minimum absolute atomic E-state index is 0.0306. The number of carboxylic acid groups (broad SMARTS) is 1. The fraction of sp³-hybridized carbons (Fsp3) is 0.250. The van der Waals surface area contributed by atoms with Crippen molar-refractivity contribution in [2.24, 2.45) is 0 Å². The number of aliphatic carboxylic acids is 1. The Bertz CT molecular complexity index is 547. The summed E-state index contributed by atoms with van der Waals surface area (Å²) in [6.07, 6.45) is 4.10. The molecule has 2 aromatic heterocycles. The number of tetrazole rings is 1. The first kappa shape index (κ1) is 11.7. The zero-order chi connectivity index (χ0) is 13.0. The normalized spacial score (nSPS) is 10.2. The van der Waals surface area contributed by atoms with E-state index in [9.17, 15) is 9.59 Å². The molecule has 0 unspecified atom stereocenters. The third-order valence-corrected chi connectivity index (χ3v) is 1.91. The largest absolute Gasteiger partial charge is 0.480 e. The number of aromatic nitrogens is 6. The van der Waals surface area contributed by atoms with Crippen LogP contribution < -0.4 is 5.32 Å². The molecule has 0 atom stereocenters. The SMILES string of the molecule is O=C(O)Cn1cc(NC(=O)Cn2cnnn2)cn1. The molecule has 0 fully saturated rings. The van der Waals surface area contributed by atoms with Crippen LogP contribution in [0, 0.1) is 0 Å². The summed E-state index contributed by atoms with van der Waals surface area (Å²) in [6.45, 7) is -0.292. The van der Waals surface area contributed by atoms with E-state index in [0.717, 1.165) is 0 Å². The van der Waals surface area contributed by atoms with E-state index in [4.69, 9.17) is 5.11 Å². The first-order valence-electron chi connectivity index (χ1n) is 4.88. The number of carboxylic acids is 1. The molecule has 2 N–H and O–H groups in total. The summed E-state index contributed by atoms with van der Waals surface area (Å²) in [5, 5.41) is 25.2. The van der Waals surface area contributed by atoms with Gasteiger partial charge in [-0.25, -0.2) is 4.68 Å². The van der Waals surface area contributed by atoms with Gasteiger partial charge in [0.2, 0.25) is 5.91 Å². The van der Waals surface area contributed by atoms with Crippen molar-refractivity contribution >= 4 is 17.6 Å². The van der Waals surface area contributed by atoms with Gasteiger partial charge in [0.15, 0.2) is 0 Å². The van der Waals surface area contributed by atoms with Gasteiger partial charge in [0.1, 0.15) is 19.4 Å². The van der Waals surface area contributed by atoms with Crippen molar-refractivity contribution in [1.82, 2.24) is 30.0 Å². The van der Waals surface area contributed by atoms with Gasteiger partial charge in [-0.1, -0.05) is 0 Å². The van der Waals surface area contributed by atoms with Gasteiger partial charge >= 0.3 is 5.97 Å². The number of carbonyl (C=O) groups is 2. The van der Waals surface area contributed by atoms with Crippen LogP contribution in [-0.2, 0) is 22.7 Å². The maximum absolute atomic E-state index is 11.5. The Kier molecular flexibility index (Phi) is 3.27. The van der Waals surface area contributed by atoms with E-state index in [1.54, 1.807) is 0 Å². The molecule has 1 amide bonds. The highest BCUT2D eigenvalue weighted by atomic mass is 16.4. The van der Waals surface area contributed by atoms with Crippen molar-refractivity contribution in [3.63, 3.8) is 0 Å². The van der Waals surface area contributed by atoms with Gasteiger partial charge in [-0.15, -0.1) is 5.10 Å². The summed E-state index contributed by atoms with van der Waals surface area (Å²) in [4.78, 5) is 22.0. The fourth-order valence-corrected chi connectivity index (χ4v) is 1.25. The van der Waals surface area contributed by atoms with Crippen LogP contribution in [0.1, 0.15) is 0 Å². The first-order valence-corrected chi connectivity index (χ1v) is 4.88. The van der Waals surface area contributed by atoms with Gasteiger partial charge in [-0.3, -0.25) is 14.3 Å². The van der Waals surface area contributed by atoms with E-state index in [-0.39, 0.29) is 19.0 Å². The number of carbonyl (C=O) groups excluding carboxylic acids is 1. The summed E-state index contributed by atoms with van der Waals surface area (Å²) in [6, 6.07) is 0. The highest BCUT2D eigenvalue weighted by Gasteiger charge is 2.07. The predicted molar refractivity (Wildman–Crippen MR) is 56.3 cm³/mol. The lowest BCUT2D eigenvalue weighted by Crippen LogP contribution is -2.19. The van der Waals surface area contributed by atoms with Gasteiger partial charge in [0.25, 0.3) is 0 Å². The fourth-order valence-electron chi connectivity index (χ4n) is 1.25. The third-order valence-electron chi connectivity index (χ3n) is 1.91. The lowest BCUT2D eigenvalue weighted by Gasteiger charge is -2.00. The Morgan fingerprint density at radius 2 is 2.17 bits per heavy atom. The molecule has 94 valence electrons. The number of amides is 1. The molecular weight excluding hydrogens is 242 g/mol. The van der Waals surface area contributed by atoms with Crippen molar-refractivity contribution in [1.29, 1.82) is 0 Å². The lowest BCUT2D eigenvalue weighted by molar-refractivity contribution is -0.137. The second-order valence-corrected chi connectivity index (χ2v) is 3.38. The van der Waals surface area contributed by atoms with Crippen molar-refractivity contribution in [3.05, 3.63) is 18.7 Å². The molecular formula is C8H9N7O3. The Hall–Kier alpha value is -2.78. The van der Waals surface area contributed by atoms with Crippen molar-refractivity contribution in [2.75, 3.05) is 5.32 Å². The first-order chi connectivity index (χ1) is 8.63. The summed E-state index contributed by atoms with van der Waals surface area (Å²) in [5.74, 6) is -1.35. The van der Waals surface area contributed by atoms with E-state index >= 15 is 0 Å². The van der Waals surface area contributed by atoms with Gasteiger partial charge < -0.3 is 10.4 Å². The maximum atomic E-state index is 11.5. The highest BCUT2D eigenvalue weighted by Crippen LogP contribution is 2.04. The molecule has 2 rings (SSSR count). The van der Waals surface area contributed by atoms with Crippen LogP contribution >= 0.6 is 0 Å². The van der Waals surface area contributed by atoms with E-state index in [1.165, 1.54) is 28.1 Å². The Morgan fingerprint density at radius 3 is 2.83 bits per heavy atom. The van der Waals surface area contributed by atoms with E-state index < -0.39 is 5.97 Å². The van der Waals surface area contributed by atoms with Crippen LogP contribution in [0.5, 0.6) is 0 Å². The Balaban J connectivity index is 1.91. The summed E-state index contributed by atoms with van der Waals surface area (Å²) >= 11 is 0. The molecule has 0 saturated carbocycles. The molecule has 0 spiro atoms. The van der Waals surface area contributed by atoms with E-state index in [0.29, 0.717) is 5.69 Å². The number of nitrogens with zero attached hydrogens (tertiary/aromatic N) is 6. The van der Waals surface area contributed by atoms with Gasteiger partial charge in [0.05, 0.1) is 11.9 Å². The lowest BCUT2D eigenvalue weighted by atomic mass is 10.5. The van der Waals surface area contributed by atoms with Crippen LogP contribution in [0.2, 0.25) is 0 Å². The minimum atomic E-state index is -1.01. The van der Waals surface area contributed by atoms with Crippen molar-refractivity contribution in [3.8, 4) is 0 Å². The molecule has 2 aromatic rings. The van der Waals surface area contributed by atoms with Gasteiger partial charge in [-0.2, -0.15) is 5.10 Å². The van der Waals surface area contributed by atoms with Gasteiger partial charge in [-0.05, 0) is 10.4 Å². The van der Waals surface area contributed by atoms with Crippen molar-refractivity contribution in [2.45, 2.75) is 13.1 Å². The molecule has 10 heteroatoms. The van der Waals surface area contributed by atoms with Crippen LogP contribution in [0.3, 0.4) is 0 Å². The Labute approximate surface area is 100 Å². The van der Waals surface area contributed by atoms with Gasteiger partial charge in [0, 0.05) is 6.20 Å². The van der Waals surface area contributed by atoms with E-state index in [1.807, 2.05) is 0 Å². The summed E-state index contributed by atoms with van der Waals surface area (Å²) in [7, 11) is 0. The van der Waals surface area contributed by atoms with Crippen molar-refractivity contribution < 1.29 is 14.7 Å². The van der Waals surface area contributed by atoms with Crippen LogP contribution in [0.25, 0.3) is 0 Å². The summed E-state index contributed by atoms with van der Waals surface area (Å²) < 4.78 is 2.46. The van der Waals surface area contributed by atoms with Crippen LogP contribution in [0.15, 0.2) is 18.7 Å². The molecule has 10 nitrogen and oxygen atoms in total. The minimum Gasteiger partial charge on any atom is -0.480 e. The molecule has 0 aliphatic carbocycles. The molecule has 0 radical (unpaired) electrons. The average molecular weight is 251 g/mol. The van der Waals surface area contributed by atoms with E-state index in [2.05, 4.69) is 25.9 Å². The molecule has 0 aromatic carbocycles. The smallest absolute Gasteiger partial charge is 0.325 e. The molecule has 0 aliphatic rings. The molecule has 0 saturated heterocycles. The quantitative estimate of drug-likeness (QED) is 0.668. The molecule has 18 heavy (non-hydrogen) atoms. The number of nitrogens with one attached hydrogen (secondary N) is 1. The number of hydrogen-bond acceptors (Lipinski definition) is 6. The number of rotatable bonds is 5. The Morgan fingerprint density at radius 1 is 1.33 bits per heavy atom. The number of anilines is 1. The zero-order valence-electron chi connectivity index (χ0n) is 9.09. The average Bonchev–Trinajstić information content (AvgIpc) is 2.89. The third kappa shape index (κ3) is 3.10. The maximum Gasteiger partial charge on any atom is 0.325 e. The second-order valence-electron chi connectivity index (χ2n) is 3.38. The number of hydrogen-bond donors (Lipinski definition) is 2. The topological polar surface area (TPSA) is 128 Å². The molecule has 2 heterocycles. The molecule has 0 aliphatic heterocycles. The second kappa shape index (κ2) is 5.03. The predicted octanol–water partition coefficient (Wildman–Crippen LogP) is -1.41. The standard InChI is InChI=1S/C8H9N7O3/c16-7(3-15-5-9-12-13-15)11-6-1-10-14(2-6)4-8(17)18/h1-2,5H,3-4H2,(H,11,16)(H,17,18). The van der Waals surface area contributed by atoms with Crippen LogP contribution in [-0.4, -0.2) is 47.0 Å².